The van der Waals surface area contributed by atoms with Crippen LogP contribution in [0.4, 0.5) is 10.1 Å². The third-order valence-electron chi connectivity index (χ3n) is 3.95. The fraction of sp³-hybridized carbons (Fsp3) is 0.235. The summed E-state index contributed by atoms with van der Waals surface area (Å²) in [7, 11) is -3.88. The van der Waals surface area contributed by atoms with E-state index in [0.717, 1.165) is 0 Å². The first-order chi connectivity index (χ1) is 11.2. The number of rotatable bonds is 4. The summed E-state index contributed by atoms with van der Waals surface area (Å²) < 4.78 is 41.9. The van der Waals surface area contributed by atoms with E-state index in [1.165, 1.54) is 18.2 Å². The summed E-state index contributed by atoms with van der Waals surface area (Å²) in [5.41, 5.74) is 0.377. The van der Waals surface area contributed by atoms with Gasteiger partial charge in [0.15, 0.2) is 0 Å². The van der Waals surface area contributed by atoms with Crippen molar-refractivity contribution < 1.29 is 17.6 Å². The van der Waals surface area contributed by atoms with E-state index in [2.05, 4.69) is 10.0 Å². The van der Waals surface area contributed by atoms with Gasteiger partial charge in [0, 0.05) is 11.3 Å². The first kappa shape index (κ1) is 16.6. The Kier molecular flexibility index (Phi) is 3.93. The third kappa shape index (κ3) is 3.05. The first-order valence-corrected chi connectivity index (χ1v) is 8.89. The molecule has 2 aromatic rings. The lowest BCUT2D eigenvalue weighted by Gasteiger charge is -2.27. The molecule has 0 saturated heterocycles. The molecular formula is C17H17FN2O3S. The summed E-state index contributed by atoms with van der Waals surface area (Å²) in [4.78, 5) is 11.4. The molecule has 126 valence electrons. The normalized spacial score (nSPS) is 14.4. The van der Waals surface area contributed by atoms with Crippen LogP contribution in [0, 0.1) is 5.82 Å². The fourth-order valence-electron chi connectivity index (χ4n) is 2.79. The maximum atomic E-state index is 14.0. The van der Waals surface area contributed by atoms with Crippen LogP contribution in [0.5, 0.6) is 0 Å². The Hall–Kier alpha value is -2.25. The van der Waals surface area contributed by atoms with Gasteiger partial charge in [0.2, 0.25) is 15.9 Å². The van der Waals surface area contributed by atoms with Gasteiger partial charge in [-0.2, -0.15) is 0 Å². The van der Waals surface area contributed by atoms with Crippen LogP contribution in [0.3, 0.4) is 0 Å². The highest BCUT2D eigenvalue weighted by Crippen LogP contribution is 2.28. The molecule has 1 amide bonds. The lowest BCUT2D eigenvalue weighted by molar-refractivity contribution is -0.115. The minimum absolute atomic E-state index is 0.0437. The number of hydrogen-bond acceptors (Lipinski definition) is 3. The molecular weight excluding hydrogens is 331 g/mol. The summed E-state index contributed by atoms with van der Waals surface area (Å²) in [6, 6.07) is 10.5. The smallest absolute Gasteiger partial charge is 0.241 e. The molecule has 5 nitrogen and oxygen atoms in total. The maximum Gasteiger partial charge on any atom is 0.241 e. The maximum absolute atomic E-state index is 14.0. The van der Waals surface area contributed by atoms with Crippen LogP contribution in [0.2, 0.25) is 0 Å². The second-order valence-corrected chi connectivity index (χ2v) is 7.94. The van der Waals surface area contributed by atoms with Gasteiger partial charge in [0.1, 0.15) is 5.82 Å². The van der Waals surface area contributed by atoms with Crippen LogP contribution in [0.15, 0.2) is 47.4 Å². The molecule has 1 heterocycles. The van der Waals surface area contributed by atoms with Crippen LogP contribution >= 0.6 is 0 Å². The predicted molar refractivity (Wildman–Crippen MR) is 88.5 cm³/mol. The topological polar surface area (TPSA) is 75.3 Å². The molecule has 0 saturated carbocycles. The van der Waals surface area contributed by atoms with Gasteiger partial charge >= 0.3 is 0 Å². The SMILES string of the molecule is CC(C)(NS(=O)(=O)c1ccc2c(c1)CC(=O)N2)c1ccccc1F. The van der Waals surface area contributed by atoms with E-state index < -0.39 is 21.4 Å². The minimum Gasteiger partial charge on any atom is -0.326 e. The van der Waals surface area contributed by atoms with Gasteiger partial charge in [-0.05, 0) is 43.7 Å². The molecule has 1 aliphatic rings. The van der Waals surface area contributed by atoms with Crippen LogP contribution < -0.4 is 10.0 Å². The quantitative estimate of drug-likeness (QED) is 0.892. The number of hydrogen-bond donors (Lipinski definition) is 2. The van der Waals surface area contributed by atoms with Gasteiger partial charge in [-0.25, -0.2) is 17.5 Å². The molecule has 2 N–H and O–H groups in total. The van der Waals surface area contributed by atoms with Gasteiger partial charge in [-0.15, -0.1) is 0 Å². The second kappa shape index (κ2) is 5.68. The molecule has 24 heavy (non-hydrogen) atoms. The van der Waals surface area contributed by atoms with E-state index in [9.17, 15) is 17.6 Å². The van der Waals surface area contributed by atoms with Crippen LogP contribution in [-0.2, 0) is 26.8 Å². The molecule has 0 spiro atoms. The number of carbonyl (C=O) groups is 1. The van der Waals surface area contributed by atoms with Crippen molar-refractivity contribution in [2.45, 2.75) is 30.7 Å². The van der Waals surface area contributed by atoms with Crippen molar-refractivity contribution in [1.82, 2.24) is 4.72 Å². The highest BCUT2D eigenvalue weighted by atomic mass is 32.2. The predicted octanol–water partition coefficient (Wildman–Crippen LogP) is 2.53. The Bertz CT molecular complexity index is 923. The van der Waals surface area contributed by atoms with Gasteiger partial charge in [-0.3, -0.25) is 4.79 Å². The minimum atomic E-state index is -3.88. The number of nitrogens with one attached hydrogen (secondary N) is 2. The molecule has 0 atom stereocenters. The van der Waals surface area contributed by atoms with Crippen LogP contribution in [0.25, 0.3) is 0 Å². The Morgan fingerprint density at radius 1 is 1.17 bits per heavy atom. The summed E-state index contributed by atoms with van der Waals surface area (Å²) >= 11 is 0. The molecule has 0 aromatic heterocycles. The van der Waals surface area contributed by atoms with Crippen molar-refractivity contribution >= 4 is 21.6 Å². The zero-order valence-electron chi connectivity index (χ0n) is 13.3. The standard InChI is InChI=1S/C17H17FN2O3S/c1-17(2,13-5-3-4-6-14(13)18)20-24(22,23)12-7-8-15-11(9-12)10-16(21)19-15/h3-9,20H,10H2,1-2H3,(H,19,21). The zero-order chi connectivity index (χ0) is 17.5. The second-order valence-electron chi connectivity index (χ2n) is 6.25. The molecule has 7 heteroatoms. The van der Waals surface area contributed by atoms with Crippen molar-refractivity contribution in [3.63, 3.8) is 0 Å². The van der Waals surface area contributed by atoms with Crippen molar-refractivity contribution in [3.8, 4) is 0 Å². The summed E-state index contributed by atoms with van der Waals surface area (Å²) in [6.07, 6.45) is 0.148. The number of carbonyl (C=O) groups excluding carboxylic acids is 1. The monoisotopic (exact) mass is 348 g/mol. The van der Waals surface area contributed by atoms with Crippen molar-refractivity contribution in [2.24, 2.45) is 0 Å². The molecule has 0 radical (unpaired) electrons. The average Bonchev–Trinajstić information content (AvgIpc) is 2.85. The zero-order valence-corrected chi connectivity index (χ0v) is 14.1. The number of sulfonamides is 1. The molecule has 0 aliphatic carbocycles. The Labute approximate surface area is 139 Å². The average molecular weight is 348 g/mol. The number of fused-ring (bicyclic) bond motifs is 1. The van der Waals surface area contributed by atoms with Gasteiger partial charge in [0.25, 0.3) is 0 Å². The van der Waals surface area contributed by atoms with E-state index in [4.69, 9.17) is 0 Å². The Morgan fingerprint density at radius 2 is 1.88 bits per heavy atom. The van der Waals surface area contributed by atoms with Gasteiger partial charge in [0.05, 0.1) is 16.9 Å². The first-order valence-electron chi connectivity index (χ1n) is 7.41. The molecule has 3 rings (SSSR count). The van der Waals surface area contributed by atoms with Crippen molar-refractivity contribution in [3.05, 3.63) is 59.4 Å². The molecule has 1 aliphatic heterocycles. The van der Waals surface area contributed by atoms with E-state index in [1.54, 1.807) is 38.1 Å². The fourth-order valence-corrected chi connectivity index (χ4v) is 4.23. The molecule has 0 fully saturated rings. The highest BCUT2D eigenvalue weighted by molar-refractivity contribution is 7.89. The van der Waals surface area contributed by atoms with Gasteiger partial charge < -0.3 is 5.32 Å². The number of amides is 1. The summed E-state index contributed by atoms with van der Waals surface area (Å²) in [5, 5.41) is 2.65. The summed E-state index contributed by atoms with van der Waals surface area (Å²) in [6.45, 7) is 3.20. The van der Waals surface area contributed by atoms with E-state index in [1.807, 2.05) is 0 Å². The largest absolute Gasteiger partial charge is 0.326 e. The number of halogens is 1. The lowest BCUT2D eigenvalue weighted by Crippen LogP contribution is -2.41. The highest BCUT2D eigenvalue weighted by Gasteiger charge is 2.31. The third-order valence-corrected chi connectivity index (χ3v) is 5.60. The molecule has 2 aromatic carbocycles. The van der Waals surface area contributed by atoms with E-state index >= 15 is 0 Å². The molecule has 0 bridgehead atoms. The molecule has 0 unspecified atom stereocenters. The van der Waals surface area contributed by atoms with E-state index in [-0.39, 0.29) is 22.8 Å². The lowest BCUT2D eigenvalue weighted by atomic mass is 9.95. The number of benzene rings is 2. The Morgan fingerprint density at radius 3 is 2.58 bits per heavy atom. The Balaban J connectivity index is 1.93. The number of anilines is 1. The van der Waals surface area contributed by atoms with Crippen molar-refractivity contribution in [1.29, 1.82) is 0 Å². The van der Waals surface area contributed by atoms with Crippen LogP contribution in [0.1, 0.15) is 25.0 Å². The van der Waals surface area contributed by atoms with E-state index in [0.29, 0.717) is 11.3 Å². The van der Waals surface area contributed by atoms with Crippen molar-refractivity contribution in [2.75, 3.05) is 5.32 Å². The summed E-state index contributed by atoms with van der Waals surface area (Å²) in [5.74, 6) is -0.645. The van der Waals surface area contributed by atoms with Crippen LogP contribution in [-0.4, -0.2) is 14.3 Å². The van der Waals surface area contributed by atoms with Gasteiger partial charge in [-0.1, -0.05) is 18.2 Å².